The van der Waals surface area contributed by atoms with Gasteiger partial charge in [0.1, 0.15) is 0 Å². The van der Waals surface area contributed by atoms with Crippen LogP contribution in [0, 0.1) is 5.92 Å². The number of carbonyl (C=O) groups excluding carboxylic acids is 1. The minimum atomic E-state index is -3.15. The number of piperidine rings is 1. The van der Waals surface area contributed by atoms with Gasteiger partial charge in [-0.1, -0.05) is 0 Å². The number of rotatable bonds is 7. The first-order valence-electron chi connectivity index (χ1n) is 9.81. The van der Waals surface area contributed by atoms with Crippen molar-refractivity contribution in [2.75, 3.05) is 40.2 Å². The number of sulfone groups is 1. The smallest absolute Gasteiger partial charge is 0.226 e. The van der Waals surface area contributed by atoms with Crippen LogP contribution in [-0.4, -0.2) is 64.1 Å². The quantitative estimate of drug-likeness (QED) is 0.665. The molecule has 1 saturated heterocycles. The van der Waals surface area contributed by atoms with Crippen LogP contribution in [0.25, 0.3) is 0 Å². The Morgan fingerprint density at radius 3 is 1.97 bits per heavy atom. The number of likely N-dealkylation sites (tertiary alicyclic amines) is 1. The average Bonchev–Trinajstić information content (AvgIpc) is 2.66. The standard InChI is InChI=1S/C21H33NO6S/c1-21(2,3)29(24,25)14-15-7-9-22(10-8-15)19(23)13-16-11-17(26-4)20(28-6)18(12-16)27-5/h11-12,15H,7-10,13-14H2,1-6H3. The van der Waals surface area contributed by atoms with Crippen LogP contribution in [0.4, 0.5) is 0 Å². The lowest BCUT2D eigenvalue weighted by molar-refractivity contribution is -0.131. The van der Waals surface area contributed by atoms with Crippen LogP contribution in [0.3, 0.4) is 0 Å². The Morgan fingerprint density at radius 1 is 1.03 bits per heavy atom. The van der Waals surface area contributed by atoms with Crippen LogP contribution in [0.5, 0.6) is 17.2 Å². The lowest BCUT2D eigenvalue weighted by Crippen LogP contribution is -2.42. The molecular formula is C21H33NO6S. The molecule has 7 nitrogen and oxygen atoms in total. The van der Waals surface area contributed by atoms with Gasteiger partial charge in [-0.2, -0.15) is 0 Å². The maximum Gasteiger partial charge on any atom is 0.226 e. The molecule has 0 aromatic heterocycles. The van der Waals surface area contributed by atoms with Gasteiger partial charge in [0.25, 0.3) is 0 Å². The summed E-state index contributed by atoms with van der Waals surface area (Å²) in [4.78, 5) is 14.6. The summed E-state index contributed by atoms with van der Waals surface area (Å²) in [7, 11) is 1.47. The van der Waals surface area contributed by atoms with E-state index in [4.69, 9.17) is 14.2 Å². The third-order valence-corrected chi connectivity index (χ3v) is 8.21. The third kappa shape index (κ3) is 5.56. The first-order valence-corrected chi connectivity index (χ1v) is 11.5. The molecule has 0 spiro atoms. The van der Waals surface area contributed by atoms with Gasteiger partial charge in [-0.25, -0.2) is 8.42 Å². The summed E-state index contributed by atoms with van der Waals surface area (Å²) in [6.07, 6.45) is 1.63. The Balaban J connectivity index is 2.00. The Hall–Kier alpha value is -1.96. The summed E-state index contributed by atoms with van der Waals surface area (Å²) < 4.78 is 40.1. The molecule has 1 aromatic rings. The highest BCUT2D eigenvalue weighted by atomic mass is 32.2. The Kier molecular flexibility index (Phi) is 7.43. The molecule has 1 aliphatic rings. The summed E-state index contributed by atoms with van der Waals surface area (Å²) in [6, 6.07) is 3.56. The number of methoxy groups -OCH3 is 3. The molecule has 0 unspecified atom stereocenters. The molecule has 1 fully saturated rings. The Morgan fingerprint density at radius 2 is 1.55 bits per heavy atom. The van der Waals surface area contributed by atoms with Gasteiger partial charge in [0.05, 0.1) is 38.3 Å². The van der Waals surface area contributed by atoms with E-state index in [-0.39, 0.29) is 24.0 Å². The van der Waals surface area contributed by atoms with Crippen LogP contribution < -0.4 is 14.2 Å². The lowest BCUT2D eigenvalue weighted by atomic mass is 9.98. The fourth-order valence-corrected chi connectivity index (χ4v) is 4.89. The minimum Gasteiger partial charge on any atom is -0.493 e. The predicted octanol–water partition coefficient (Wildman–Crippen LogP) is 2.71. The van der Waals surface area contributed by atoms with Crippen molar-refractivity contribution in [3.05, 3.63) is 17.7 Å². The van der Waals surface area contributed by atoms with Crippen molar-refractivity contribution >= 4 is 15.7 Å². The van der Waals surface area contributed by atoms with Gasteiger partial charge < -0.3 is 19.1 Å². The molecule has 1 aliphatic heterocycles. The molecular weight excluding hydrogens is 394 g/mol. The van der Waals surface area contributed by atoms with E-state index < -0.39 is 14.6 Å². The maximum absolute atomic E-state index is 12.8. The van der Waals surface area contributed by atoms with Gasteiger partial charge in [-0.15, -0.1) is 0 Å². The zero-order valence-corrected chi connectivity index (χ0v) is 19.1. The van der Waals surface area contributed by atoms with E-state index in [0.29, 0.717) is 43.2 Å². The highest BCUT2D eigenvalue weighted by molar-refractivity contribution is 7.92. The number of ether oxygens (including phenoxy) is 3. The second-order valence-electron chi connectivity index (χ2n) is 8.43. The highest BCUT2D eigenvalue weighted by Crippen LogP contribution is 2.38. The van der Waals surface area contributed by atoms with E-state index >= 15 is 0 Å². The molecule has 1 aromatic carbocycles. The molecule has 0 N–H and O–H groups in total. The number of nitrogens with zero attached hydrogens (tertiary/aromatic N) is 1. The van der Waals surface area contributed by atoms with Gasteiger partial charge in [-0.05, 0) is 57.2 Å². The highest BCUT2D eigenvalue weighted by Gasteiger charge is 2.33. The van der Waals surface area contributed by atoms with Gasteiger partial charge in [0.15, 0.2) is 21.3 Å². The maximum atomic E-state index is 12.8. The third-order valence-electron chi connectivity index (χ3n) is 5.44. The second kappa shape index (κ2) is 9.24. The fourth-order valence-electron chi connectivity index (χ4n) is 3.43. The zero-order chi connectivity index (χ0) is 21.8. The Labute approximate surface area is 174 Å². The van der Waals surface area contributed by atoms with Crippen LogP contribution in [0.15, 0.2) is 12.1 Å². The first-order chi connectivity index (χ1) is 13.5. The van der Waals surface area contributed by atoms with E-state index in [1.807, 2.05) is 4.90 Å². The summed E-state index contributed by atoms with van der Waals surface area (Å²) in [5.41, 5.74) is 0.780. The van der Waals surface area contributed by atoms with Crippen LogP contribution >= 0.6 is 0 Å². The van der Waals surface area contributed by atoms with Crippen LogP contribution in [0.2, 0.25) is 0 Å². The number of hydrogen-bond donors (Lipinski definition) is 0. The van der Waals surface area contributed by atoms with Gasteiger partial charge >= 0.3 is 0 Å². The minimum absolute atomic E-state index is 0.0106. The second-order valence-corrected chi connectivity index (χ2v) is 11.2. The summed E-state index contributed by atoms with van der Waals surface area (Å²) in [5.74, 6) is 1.82. The SMILES string of the molecule is COc1cc(CC(=O)N2CCC(CS(=O)(=O)C(C)(C)C)CC2)cc(OC)c1OC. The molecule has 2 rings (SSSR count). The molecule has 1 amide bonds. The predicted molar refractivity (Wildman–Crippen MR) is 113 cm³/mol. The van der Waals surface area contributed by atoms with E-state index in [2.05, 4.69) is 0 Å². The topological polar surface area (TPSA) is 82.1 Å². The van der Waals surface area contributed by atoms with Crippen molar-refractivity contribution < 1.29 is 27.4 Å². The first kappa shape index (κ1) is 23.3. The number of hydrogen-bond acceptors (Lipinski definition) is 6. The summed E-state index contributed by atoms with van der Waals surface area (Å²) in [5, 5.41) is 0. The molecule has 0 saturated carbocycles. The van der Waals surface area contributed by atoms with Crippen LogP contribution in [-0.2, 0) is 21.1 Å². The van der Waals surface area contributed by atoms with E-state index in [1.165, 1.54) is 7.11 Å². The monoisotopic (exact) mass is 427 g/mol. The zero-order valence-electron chi connectivity index (χ0n) is 18.3. The average molecular weight is 428 g/mol. The molecule has 1 heterocycles. The number of amides is 1. The molecule has 0 bridgehead atoms. The van der Waals surface area contributed by atoms with Gasteiger partial charge in [0.2, 0.25) is 11.7 Å². The number of benzene rings is 1. The van der Waals surface area contributed by atoms with Crippen molar-refractivity contribution in [3.63, 3.8) is 0 Å². The van der Waals surface area contributed by atoms with E-state index in [0.717, 1.165) is 5.56 Å². The molecule has 29 heavy (non-hydrogen) atoms. The van der Waals surface area contributed by atoms with Crippen molar-refractivity contribution in [1.29, 1.82) is 0 Å². The number of carbonyl (C=O) groups is 1. The largest absolute Gasteiger partial charge is 0.493 e. The Bertz CT molecular complexity index is 795. The van der Waals surface area contributed by atoms with Crippen molar-refractivity contribution in [3.8, 4) is 17.2 Å². The molecule has 0 radical (unpaired) electrons. The van der Waals surface area contributed by atoms with Crippen LogP contribution in [0.1, 0.15) is 39.2 Å². The van der Waals surface area contributed by atoms with Crippen molar-refractivity contribution in [2.24, 2.45) is 5.92 Å². The summed E-state index contributed by atoms with van der Waals surface area (Å²) in [6.45, 7) is 6.36. The van der Waals surface area contributed by atoms with E-state index in [1.54, 1.807) is 47.1 Å². The lowest BCUT2D eigenvalue weighted by Gasteiger charge is -2.33. The molecule has 164 valence electrons. The van der Waals surface area contributed by atoms with Gasteiger partial charge in [0, 0.05) is 13.1 Å². The molecule has 8 heteroatoms. The molecule has 0 atom stereocenters. The van der Waals surface area contributed by atoms with Gasteiger partial charge in [-0.3, -0.25) is 4.79 Å². The van der Waals surface area contributed by atoms with Crippen molar-refractivity contribution in [1.82, 2.24) is 4.90 Å². The molecule has 0 aliphatic carbocycles. The van der Waals surface area contributed by atoms with Crippen molar-refractivity contribution in [2.45, 2.75) is 44.8 Å². The van der Waals surface area contributed by atoms with E-state index in [9.17, 15) is 13.2 Å². The normalized spacial score (nSPS) is 15.9. The fraction of sp³-hybridized carbons (Fsp3) is 0.667. The summed E-state index contributed by atoms with van der Waals surface area (Å²) >= 11 is 0.